The summed E-state index contributed by atoms with van der Waals surface area (Å²) in [4.78, 5) is 15.0. The number of rotatable bonds is 5. The summed E-state index contributed by atoms with van der Waals surface area (Å²) < 4.78 is 0. The highest BCUT2D eigenvalue weighted by molar-refractivity contribution is 6.33. The smallest absolute Gasteiger partial charge is 0.337 e. The van der Waals surface area contributed by atoms with Gasteiger partial charge in [0.05, 0.1) is 10.6 Å². The lowest BCUT2D eigenvalue weighted by atomic mass is 9.83. The summed E-state index contributed by atoms with van der Waals surface area (Å²) in [6.45, 7) is 2.16. The standard InChI is InChI=1S/C15H21ClN2O2/c1-2-13(10-6-4-3-5-7-10)18-14-12(16)8-11(9-17-14)15(19)20/h8-10,13H,2-7H2,1H3,(H,17,18)(H,19,20). The Kier molecular flexibility index (Phi) is 5.24. The molecule has 110 valence electrons. The van der Waals surface area contributed by atoms with E-state index in [0.717, 1.165) is 6.42 Å². The first-order valence-corrected chi connectivity index (χ1v) is 7.65. The zero-order valence-corrected chi connectivity index (χ0v) is 12.5. The number of aromatic carboxylic acids is 1. The highest BCUT2D eigenvalue weighted by Crippen LogP contribution is 2.30. The number of pyridine rings is 1. The van der Waals surface area contributed by atoms with Crippen LogP contribution in [0.1, 0.15) is 55.8 Å². The summed E-state index contributed by atoms with van der Waals surface area (Å²) in [5.41, 5.74) is 0.117. The molecule has 1 heterocycles. The summed E-state index contributed by atoms with van der Waals surface area (Å²) in [6, 6.07) is 1.81. The van der Waals surface area contributed by atoms with Crippen molar-refractivity contribution in [3.05, 3.63) is 22.8 Å². The predicted molar refractivity (Wildman–Crippen MR) is 80.5 cm³/mol. The Balaban J connectivity index is 2.08. The molecular weight excluding hydrogens is 276 g/mol. The molecule has 0 amide bonds. The average molecular weight is 297 g/mol. The Hall–Kier alpha value is -1.29. The molecule has 1 aliphatic rings. The molecule has 0 spiro atoms. The second-order valence-electron chi connectivity index (χ2n) is 5.42. The first-order chi connectivity index (χ1) is 9.61. The lowest BCUT2D eigenvalue weighted by molar-refractivity contribution is 0.0696. The van der Waals surface area contributed by atoms with Crippen molar-refractivity contribution in [1.29, 1.82) is 0 Å². The van der Waals surface area contributed by atoms with Gasteiger partial charge in [-0.1, -0.05) is 37.8 Å². The van der Waals surface area contributed by atoms with Crippen LogP contribution < -0.4 is 5.32 Å². The summed E-state index contributed by atoms with van der Waals surface area (Å²) >= 11 is 6.13. The van der Waals surface area contributed by atoms with Gasteiger partial charge in [-0.25, -0.2) is 9.78 Å². The van der Waals surface area contributed by atoms with Crippen molar-refractivity contribution in [3.63, 3.8) is 0 Å². The van der Waals surface area contributed by atoms with E-state index < -0.39 is 5.97 Å². The summed E-state index contributed by atoms with van der Waals surface area (Å²) in [5, 5.41) is 12.7. The molecule has 0 bridgehead atoms. The van der Waals surface area contributed by atoms with E-state index in [9.17, 15) is 4.79 Å². The van der Waals surface area contributed by atoms with E-state index in [1.807, 2.05) is 0 Å². The van der Waals surface area contributed by atoms with Crippen molar-refractivity contribution in [2.24, 2.45) is 5.92 Å². The molecule has 0 aliphatic heterocycles. The second kappa shape index (κ2) is 6.93. The molecule has 5 heteroatoms. The largest absolute Gasteiger partial charge is 0.478 e. The minimum atomic E-state index is -1.01. The number of nitrogens with zero attached hydrogens (tertiary/aromatic N) is 1. The van der Waals surface area contributed by atoms with E-state index in [1.165, 1.54) is 44.4 Å². The van der Waals surface area contributed by atoms with Gasteiger partial charge in [0.2, 0.25) is 0 Å². The monoisotopic (exact) mass is 296 g/mol. The third-order valence-corrected chi connectivity index (χ3v) is 4.36. The van der Waals surface area contributed by atoms with Crippen molar-refractivity contribution in [2.45, 2.75) is 51.5 Å². The Bertz CT molecular complexity index is 473. The zero-order valence-electron chi connectivity index (χ0n) is 11.7. The second-order valence-corrected chi connectivity index (χ2v) is 5.82. The van der Waals surface area contributed by atoms with Gasteiger partial charge < -0.3 is 10.4 Å². The fourth-order valence-corrected chi connectivity index (χ4v) is 3.15. The third-order valence-electron chi connectivity index (χ3n) is 4.07. The van der Waals surface area contributed by atoms with Crippen molar-refractivity contribution in [2.75, 3.05) is 5.32 Å². The molecule has 1 aromatic heterocycles. The van der Waals surface area contributed by atoms with Crippen LogP contribution in [0.2, 0.25) is 5.02 Å². The lowest BCUT2D eigenvalue weighted by Gasteiger charge is -2.30. The Morgan fingerprint density at radius 2 is 2.20 bits per heavy atom. The molecule has 1 saturated carbocycles. The van der Waals surface area contributed by atoms with Crippen molar-refractivity contribution in [3.8, 4) is 0 Å². The molecule has 2 rings (SSSR count). The van der Waals surface area contributed by atoms with Gasteiger partial charge in [-0.05, 0) is 31.2 Å². The van der Waals surface area contributed by atoms with Crippen molar-refractivity contribution < 1.29 is 9.90 Å². The minimum Gasteiger partial charge on any atom is -0.478 e. The molecule has 1 unspecified atom stereocenters. The van der Waals surface area contributed by atoms with E-state index in [0.29, 0.717) is 22.8 Å². The molecule has 0 saturated heterocycles. The summed E-state index contributed by atoms with van der Waals surface area (Å²) in [7, 11) is 0. The predicted octanol–water partition coefficient (Wildman–Crippen LogP) is 4.20. The normalized spacial score (nSPS) is 17.7. The van der Waals surface area contributed by atoms with Crippen molar-refractivity contribution >= 4 is 23.4 Å². The van der Waals surface area contributed by atoms with Gasteiger partial charge in [-0.2, -0.15) is 0 Å². The first kappa shape index (κ1) is 15.1. The fraction of sp³-hybridized carbons (Fsp3) is 0.600. The van der Waals surface area contributed by atoms with E-state index in [4.69, 9.17) is 16.7 Å². The van der Waals surface area contributed by atoms with Gasteiger partial charge in [0.1, 0.15) is 5.82 Å². The molecule has 2 N–H and O–H groups in total. The third kappa shape index (κ3) is 3.63. The summed E-state index contributed by atoms with van der Waals surface area (Å²) in [5.74, 6) is 0.241. The van der Waals surface area contributed by atoms with Crippen LogP contribution in [-0.2, 0) is 0 Å². The maximum atomic E-state index is 10.9. The van der Waals surface area contributed by atoms with Crippen LogP contribution in [0.5, 0.6) is 0 Å². The maximum absolute atomic E-state index is 10.9. The number of anilines is 1. The Morgan fingerprint density at radius 1 is 1.50 bits per heavy atom. The van der Waals surface area contributed by atoms with Gasteiger partial charge >= 0.3 is 5.97 Å². The molecule has 4 nitrogen and oxygen atoms in total. The van der Waals surface area contributed by atoms with Gasteiger partial charge in [0.25, 0.3) is 0 Å². The molecule has 1 aliphatic carbocycles. The van der Waals surface area contributed by atoms with E-state index in [1.54, 1.807) is 0 Å². The molecule has 1 fully saturated rings. The van der Waals surface area contributed by atoms with Crippen LogP contribution in [0.25, 0.3) is 0 Å². The van der Waals surface area contributed by atoms with Crippen LogP contribution in [0.15, 0.2) is 12.3 Å². The fourth-order valence-electron chi connectivity index (χ4n) is 2.93. The van der Waals surface area contributed by atoms with Gasteiger partial charge in [0.15, 0.2) is 0 Å². The number of hydrogen-bond donors (Lipinski definition) is 2. The SMILES string of the molecule is CCC(Nc1ncc(C(=O)O)cc1Cl)C1CCCCC1. The zero-order chi connectivity index (χ0) is 14.5. The van der Waals surface area contributed by atoms with Gasteiger partial charge in [0, 0.05) is 12.2 Å². The first-order valence-electron chi connectivity index (χ1n) is 7.27. The maximum Gasteiger partial charge on any atom is 0.337 e. The van der Waals surface area contributed by atoms with Gasteiger partial charge in [-0.3, -0.25) is 0 Å². The number of nitrogens with one attached hydrogen (secondary N) is 1. The quantitative estimate of drug-likeness (QED) is 0.854. The average Bonchev–Trinajstić information content (AvgIpc) is 2.46. The minimum absolute atomic E-state index is 0.117. The van der Waals surface area contributed by atoms with Crippen LogP contribution in [-0.4, -0.2) is 22.1 Å². The number of carboxylic acid groups (broad SMARTS) is 1. The van der Waals surface area contributed by atoms with E-state index in [-0.39, 0.29) is 5.56 Å². The highest BCUT2D eigenvalue weighted by Gasteiger charge is 2.23. The number of hydrogen-bond acceptors (Lipinski definition) is 3. The van der Waals surface area contributed by atoms with Crippen molar-refractivity contribution in [1.82, 2.24) is 4.98 Å². The number of halogens is 1. The number of carboxylic acids is 1. The topological polar surface area (TPSA) is 62.2 Å². The lowest BCUT2D eigenvalue weighted by Crippen LogP contribution is -2.30. The van der Waals surface area contributed by atoms with E-state index in [2.05, 4.69) is 17.2 Å². The summed E-state index contributed by atoms with van der Waals surface area (Å²) in [6.07, 6.45) is 8.78. The Morgan fingerprint density at radius 3 is 2.75 bits per heavy atom. The molecule has 0 radical (unpaired) electrons. The molecule has 1 atom stereocenters. The van der Waals surface area contributed by atoms with Crippen LogP contribution in [0.4, 0.5) is 5.82 Å². The van der Waals surface area contributed by atoms with Crippen LogP contribution >= 0.6 is 11.6 Å². The Labute approximate surface area is 124 Å². The van der Waals surface area contributed by atoms with E-state index >= 15 is 0 Å². The van der Waals surface area contributed by atoms with Crippen LogP contribution in [0.3, 0.4) is 0 Å². The molecular formula is C15H21ClN2O2. The molecule has 0 aromatic carbocycles. The van der Waals surface area contributed by atoms with Gasteiger partial charge in [-0.15, -0.1) is 0 Å². The molecule has 1 aromatic rings. The van der Waals surface area contributed by atoms with Crippen LogP contribution in [0, 0.1) is 5.92 Å². The number of carbonyl (C=O) groups is 1. The molecule has 20 heavy (non-hydrogen) atoms. The number of aromatic nitrogens is 1. The highest BCUT2D eigenvalue weighted by atomic mass is 35.5.